The van der Waals surface area contributed by atoms with Gasteiger partial charge >= 0.3 is 0 Å². The molecular formula is C11H12BrN5O3. The van der Waals surface area contributed by atoms with Crippen LogP contribution in [0.3, 0.4) is 0 Å². The molecular weight excluding hydrogens is 330 g/mol. The largest absolute Gasteiger partial charge is 0.387 e. The molecule has 1 aliphatic rings. The lowest BCUT2D eigenvalue weighted by molar-refractivity contribution is -0.0244. The molecule has 2 aromatic rings. The van der Waals surface area contributed by atoms with Crippen LogP contribution in [0.2, 0.25) is 0 Å². The number of aliphatic hydroxyl groups is 2. The first-order valence-corrected chi connectivity index (χ1v) is 6.76. The van der Waals surface area contributed by atoms with Crippen molar-refractivity contribution in [1.29, 1.82) is 0 Å². The summed E-state index contributed by atoms with van der Waals surface area (Å²) in [5.41, 5.74) is 6.58. The van der Waals surface area contributed by atoms with E-state index in [0.717, 1.165) is 0 Å². The number of fused-ring (bicyclic) bond motifs is 1. The topological polar surface area (TPSA) is 119 Å². The molecule has 1 aliphatic heterocycles. The van der Waals surface area contributed by atoms with Crippen LogP contribution >= 0.6 is 15.9 Å². The van der Waals surface area contributed by atoms with Gasteiger partial charge < -0.3 is 20.7 Å². The fourth-order valence-electron chi connectivity index (χ4n) is 2.20. The Labute approximate surface area is 122 Å². The minimum atomic E-state index is -1.10. The van der Waals surface area contributed by atoms with Gasteiger partial charge in [-0.3, -0.25) is 4.57 Å². The van der Waals surface area contributed by atoms with E-state index >= 15 is 0 Å². The van der Waals surface area contributed by atoms with Gasteiger partial charge in [0.25, 0.3) is 0 Å². The van der Waals surface area contributed by atoms with E-state index in [9.17, 15) is 10.2 Å². The molecule has 4 N–H and O–H groups in total. The zero-order chi connectivity index (χ0) is 14.3. The van der Waals surface area contributed by atoms with Crippen molar-refractivity contribution in [1.82, 2.24) is 19.5 Å². The molecule has 0 saturated carbocycles. The van der Waals surface area contributed by atoms with Crippen molar-refractivity contribution >= 4 is 32.9 Å². The molecule has 20 heavy (non-hydrogen) atoms. The number of halogens is 1. The standard InChI is InChI=1S/C11H12BrN5O3/c12-2-1-5-7(18)8(19)11(20-5)17-4-16-6-9(13)14-3-15-10(6)17/h1-5,7-8,11,18-19H,(H2,13,14,15)/b2-1+/t5-,7-,8-,11-/m1/s1. The minimum absolute atomic E-state index is 0.249. The van der Waals surface area contributed by atoms with Gasteiger partial charge in [0.2, 0.25) is 0 Å². The number of nitrogens with two attached hydrogens (primary N) is 1. The lowest BCUT2D eigenvalue weighted by Crippen LogP contribution is -2.30. The van der Waals surface area contributed by atoms with E-state index < -0.39 is 24.5 Å². The van der Waals surface area contributed by atoms with Gasteiger partial charge in [-0.25, -0.2) is 15.0 Å². The van der Waals surface area contributed by atoms with Crippen LogP contribution in [0.5, 0.6) is 0 Å². The van der Waals surface area contributed by atoms with Gasteiger partial charge in [-0.2, -0.15) is 0 Å². The van der Waals surface area contributed by atoms with Crippen molar-refractivity contribution in [3.8, 4) is 0 Å². The quantitative estimate of drug-likeness (QED) is 0.699. The summed E-state index contributed by atoms with van der Waals surface area (Å²) >= 11 is 3.12. The zero-order valence-electron chi connectivity index (χ0n) is 10.2. The van der Waals surface area contributed by atoms with Gasteiger partial charge in [0, 0.05) is 0 Å². The Morgan fingerprint density at radius 3 is 2.85 bits per heavy atom. The predicted octanol–water partition coefficient (Wildman–Crippen LogP) is -0.0637. The number of nitrogen functional groups attached to an aromatic ring is 1. The molecule has 3 heterocycles. The third-order valence-corrected chi connectivity index (χ3v) is 3.50. The molecule has 1 fully saturated rings. The Kier molecular flexibility index (Phi) is 3.42. The highest BCUT2D eigenvalue weighted by Gasteiger charge is 2.43. The minimum Gasteiger partial charge on any atom is -0.387 e. The van der Waals surface area contributed by atoms with Gasteiger partial charge in [0.15, 0.2) is 17.7 Å². The molecule has 0 unspecified atom stereocenters. The lowest BCUT2D eigenvalue weighted by atomic mass is 10.1. The number of hydrogen-bond donors (Lipinski definition) is 3. The number of nitrogens with zero attached hydrogens (tertiary/aromatic N) is 4. The van der Waals surface area contributed by atoms with Crippen LogP contribution in [0.15, 0.2) is 23.7 Å². The van der Waals surface area contributed by atoms with Gasteiger partial charge in [0.05, 0.1) is 6.33 Å². The number of anilines is 1. The highest BCUT2D eigenvalue weighted by Crippen LogP contribution is 2.32. The third-order valence-electron chi connectivity index (χ3n) is 3.20. The van der Waals surface area contributed by atoms with Crippen molar-refractivity contribution in [3.05, 3.63) is 23.7 Å². The van der Waals surface area contributed by atoms with E-state index in [1.54, 1.807) is 11.1 Å². The van der Waals surface area contributed by atoms with Crippen LogP contribution in [0.4, 0.5) is 5.82 Å². The van der Waals surface area contributed by atoms with Crippen molar-refractivity contribution in [2.75, 3.05) is 5.73 Å². The summed E-state index contributed by atoms with van der Waals surface area (Å²) < 4.78 is 7.15. The second-order valence-corrected chi connectivity index (χ2v) is 4.90. The van der Waals surface area contributed by atoms with E-state index in [1.165, 1.54) is 17.2 Å². The van der Waals surface area contributed by atoms with Crippen LogP contribution < -0.4 is 5.73 Å². The first-order valence-electron chi connectivity index (χ1n) is 5.85. The maximum absolute atomic E-state index is 10.1. The number of ether oxygens (including phenoxy) is 1. The fraction of sp³-hybridized carbons (Fsp3) is 0.364. The molecule has 106 valence electrons. The van der Waals surface area contributed by atoms with Crippen molar-refractivity contribution in [2.24, 2.45) is 0 Å². The zero-order valence-corrected chi connectivity index (χ0v) is 11.8. The SMILES string of the molecule is Nc1ncnc2c1ncn2[C@@H]1O[C@H](/C=C/Br)[C@@H](O)[C@H]1O. The molecule has 4 atom stereocenters. The summed E-state index contributed by atoms with van der Waals surface area (Å²) in [6.07, 6.45) is 0.822. The van der Waals surface area contributed by atoms with Crippen LogP contribution in [-0.4, -0.2) is 48.0 Å². The normalized spacial score (nSPS) is 30.6. The van der Waals surface area contributed by atoms with Gasteiger partial charge in [-0.15, -0.1) is 0 Å². The van der Waals surface area contributed by atoms with E-state index in [1.807, 2.05) is 0 Å². The average Bonchev–Trinajstić information content (AvgIpc) is 2.97. The molecule has 2 aromatic heterocycles. The number of hydrogen-bond acceptors (Lipinski definition) is 7. The molecule has 8 nitrogen and oxygen atoms in total. The maximum Gasteiger partial charge on any atom is 0.167 e. The van der Waals surface area contributed by atoms with Crippen LogP contribution in [-0.2, 0) is 4.74 Å². The smallest absolute Gasteiger partial charge is 0.167 e. The Morgan fingerprint density at radius 2 is 2.10 bits per heavy atom. The summed E-state index contributed by atoms with van der Waals surface area (Å²) in [4.78, 5) is 13.6. The van der Waals surface area contributed by atoms with E-state index in [-0.39, 0.29) is 5.82 Å². The molecule has 0 spiro atoms. The highest BCUT2D eigenvalue weighted by molar-refractivity contribution is 9.11. The van der Waals surface area contributed by atoms with Gasteiger partial charge in [-0.1, -0.05) is 15.9 Å². The Hall–Kier alpha value is -1.55. The number of rotatable bonds is 2. The second-order valence-electron chi connectivity index (χ2n) is 4.37. The van der Waals surface area contributed by atoms with E-state index in [4.69, 9.17) is 10.5 Å². The summed E-state index contributed by atoms with van der Waals surface area (Å²) in [6, 6.07) is 0. The van der Waals surface area contributed by atoms with Crippen LogP contribution in [0.25, 0.3) is 11.2 Å². The molecule has 1 saturated heterocycles. The molecule has 0 aromatic carbocycles. The summed E-state index contributed by atoms with van der Waals surface area (Å²) in [5.74, 6) is 0.249. The molecule has 0 bridgehead atoms. The maximum atomic E-state index is 10.1. The van der Waals surface area contributed by atoms with Crippen molar-refractivity contribution in [2.45, 2.75) is 24.5 Å². The Balaban J connectivity index is 2.02. The first-order chi connectivity index (χ1) is 9.63. The number of imidazole rings is 1. The molecule has 3 rings (SSSR count). The van der Waals surface area contributed by atoms with Crippen LogP contribution in [0, 0.1) is 0 Å². The molecule has 0 aliphatic carbocycles. The second kappa shape index (κ2) is 5.09. The van der Waals surface area contributed by atoms with Crippen molar-refractivity contribution < 1.29 is 14.9 Å². The fourth-order valence-corrected chi connectivity index (χ4v) is 2.50. The predicted molar refractivity (Wildman–Crippen MR) is 73.7 cm³/mol. The van der Waals surface area contributed by atoms with Crippen LogP contribution in [0.1, 0.15) is 6.23 Å². The molecule has 9 heteroatoms. The Morgan fingerprint density at radius 1 is 1.30 bits per heavy atom. The van der Waals surface area contributed by atoms with E-state index in [2.05, 4.69) is 30.9 Å². The molecule has 0 amide bonds. The highest BCUT2D eigenvalue weighted by atomic mass is 79.9. The number of aromatic nitrogens is 4. The monoisotopic (exact) mass is 341 g/mol. The van der Waals surface area contributed by atoms with Gasteiger partial charge in [-0.05, 0) is 11.1 Å². The summed E-state index contributed by atoms with van der Waals surface area (Å²) in [5, 5.41) is 20.1. The number of aliphatic hydroxyl groups excluding tert-OH is 2. The van der Waals surface area contributed by atoms with Crippen molar-refractivity contribution in [3.63, 3.8) is 0 Å². The Bertz CT molecular complexity index is 661. The average molecular weight is 342 g/mol. The lowest BCUT2D eigenvalue weighted by Gasteiger charge is -2.16. The molecule has 0 radical (unpaired) electrons. The summed E-state index contributed by atoms with van der Waals surface area (Å²) in [7, 11) is 0. The van der Waals surface area contributed by atoms with E-state index in [0.29, 0.717) is 11.2 Å². The van der Waals surface area contributed by atoms with Gasteiger partial charge in [0.1, 0.15) is 30.2 Å². The summed E-state index contributed by atoms with van der Waals surface area (Å²) in [6.45, 7) is 0. The first kappa shape index (κ1) is 13.4. The third kappa shape index (κ3) is 1.99.